The molecular weight excluding hydrogens is 246 g/mol. The van der Waals surface area contributed by atoms with Gasteiger partial charge in [0, 0.05) is 16.6 Å². The van der Waals surface area contributed by atoms with Gasteiger partial charge in [0.05, 0.1) is 11.1 Å². The molecule has 0 radical (unpaired) electrons. The Hall–Kier alpha value is -0.280. The molecule has 0 amide bonds. The third kappa shape index (κ3) is 2.15. The van der Waals surface area contributed by atoms with Crippen LogP contribution in [0.4, 0.5) is 0 Å². The zero-order chi connectivity index (χ0) is 9.10. The number of rotatable bonds is 2. The van der Waals surface area contributed by atoms with Crippen molar-refractivity contribution in [1.29, 1.82) is 0 Å². The van der Waals surface area contributed by atoms with Gasteiger partial charge in [0.25, 0.3) is 0 Å². The van der Waals surface area contributed by atoms with Gasteiger partial charge in [0.15, 0.2) is 0 Å². The zero-order valence-electron chi connectivity index (χ0n) is 7.11. The van der Waals surface area contributed by atoms with Crippen molar-refractivity contribution in [3.05, 3.63) is 35.9 Å². The molecule has 0 bridgehead atoms. The molecule has 0 spiro atoms. The summed E-state index contributed by atoms with van der Waals surface area (Å²) in [7, 11) is 0. The van der Waals surface area contributed by atoms with Gasteiger partial charge in [-0.1, -0.05) is 46.3 Å². The summed E-state index contributed by atoms with van der Waals surface area (Å²) >= 11 is 5.30. The summed E-state index contributed by atoms with van der Waals surface area (Å²) in [5.74, 6) is 1.11. The van der Waals surface area contributed by atoms with Crippen LogP contribution in [0.3, 0.4) is 0 Å². The van der Waals surface area contributed by atoms with Gasteiger partial charge in [-0.2, -0.15) is 0 Å². The monoisotopic (exact) mass is 255 g/mol. The van der Waals surface area contributed by atoms with Crippen LogP contribution in [-0.2, 0) is 0 Å². The zero-order valence-corrected chi connectivity index (χ0v) is 9.51. The van der Waals surface area contributed by atoms with Crippen molar-refractivity contribution in [3.8, 4) is 0 Å². The molecule has 1 aliphatic rings. The molecule has 0 saturated carbocycles. The second-order valence-corrected chi connectivity index (χ2v) is 4.58. The Bertz CT molecular complexity index is 310. The van der Waals surface area contributed by atoms with Crippen LogP contribution in [0.1, 0.15) is 5.56 Å². The molecule has 1 atom stereocenters. The van der Waals surface area contributed by atoms with Crippen molar-refractivity contribution >= 4 is 32.7 Å². The molecule has 1 aromatic carbocycles. The molecule has 2 rings (SSSR count). The van der Waals surface area contributed by atoms with Crippen molar-refractivity contribution in [2.24, 2.45) is 4.99 Å². The number of benzene rings is 1. The minimum absolute atomic E-state index is 0.459. The standard InChI is InChI=1S/C10H10BrNS/c11-6-9-7-13-10(12-9)8-4-2-1-3-5-8/h1-5,9H,6-7H2. The van der Waals surface area contributed by atoms with Gasteiger partial charge in [-0.15, -0.1) is 11.8 Å². The van der Waals surface area contributed by atoms with E-state index >= 15 is 0 Å². The number of thioether (sulfide) groups is 1. The van der Waals surface area contributed by atoms with Crippen LogP contribution >= 0.6 is 27.7 Å². The Kier molecular flexibility index (Phi) is 3.06. The SMILES string of the molecule is BrCC1CSC(c2ccccc2)=N1. The largest absolute Gasteiger partial charge is 0.273 e. The highest BCUT2D eigenvalue weighted by Crippen LogP contribution is 2.23. The normalized spacial score (nSPS) is 21.6. The Balaban J connectivity index is 2.19. The first-order valence-electron chi connectivity index (χ1n) is 4.22. The van der Waals surface area contributed by atoms with Gasteiger partial charge in [-0.05, 0) is 0 Å². The molecule has 68 valence electrons. The van der Waals surface area contributed by atoms with E-state index in [1.54, 1.807) is 0 Å². The summed E-state index contributed by atoms with van der Waals surface area (Å²) in [5.41, 5.74) is 1.25. The minimum atomic E-state index is 0.459. The molecule has 0 fully saturated rings. The molecule has 0 aliphatic carbocycles. The summed E-state index contributed by atoms with van der Waals surface area (Å²) in [5, 5.41) is 2.15. The average molecular weight is 256 g/mol. The highest BCUT2D eigenvalue weighted by atomic mass is 79.9. The van der Waals surface area contributed by atoms with Crippen LogP contribution in [0.2, 0.25) is 0 Å². The Morgan fingerprint density at radius 3 is 2.77 bits per heavy atom. The summed E-state index contributed by atoms with van der Waals surface area (Å²) in [6.07, 6.45) is 0. The maximum absolute atomic E-state index is 4.61. The van der Waals surface area contributed by atoms with Gasteiger partial charge < -0.3 is 0 Å². The molecule has 0 saturated heterocycles. The van der Waals surface area contributed by atoms with Crippen LogP contribution < -0.4 is 0 Å². The average Bonchev–Trinajstić information content (AvgIpc) is 2.67. The van der Waals surface area contributed by atoms with Crippen molar-refractivity contribution in [3.63, 3.8) is 0 Å². The Morgan fingerprint density at radius 1 is 1.38 bits per heavy atom. The van der Waals surface area contributed by atoms with Gasteiger partial charge >= 0.3 is 0 Å². The Labute approximate surface area is 90.8 Å². The fraction of sp³-hybridized carbons (Fsp3) is 0.300. The molecule has 1 aromatic rings. The fourth-order valence-corrected chi connectivity index (χ4v) is 2.98. The number of nitrogens with zero attached hydrogens (tertiary/aromatic N) is 1. The number of hydrogen-bond acceptors (Lipinski definition) is 2. The van der Waals surface area contributed by atoms with Crippen LogP contribution in [0.25, 0.3) is 0 Å². The van der Waals surface area contributed by atoms with Crippen molar-refractivity contribution in [2.75, 3.05) is 11.1 Å². The molecule has 1 aliphatic heterocycles. The van der Waals surface area contributed by atoms with Crippen molar-refractivity contribution in [2.45, 2.75) is 6.04 Å². The molecular formula is C10H10BrNS. The Morgan fingerprint density at radius 2 is 2.15 bits per heavy atom. The number of hydrogen-bond donors (Lipinski definition) is 0. The van der Waals surface area contributed by atoms with Gasteiger partial charge in [0.2, 0.25) is 0 Å². The van der Waals surface area contributed by atoms with Crippen LogP contribution in [0.15, 0.2) is 35.3 Å². The topological polar surface area (TPSA) is 12.4 Å². The van der Waals surface area contributed by atoms with E-state index in [9.17, 15) is 0 Å². The highest BCUT2D eigenvalue weighted by molar-refractivity contribution is 9.09. The van der Waals surface area contributed by atoms with Crippen molar-refractivity contribution in [1.82, 2.24) is 0 Å². The first-order valence-corrected chi connectivity index (χ1v) is 6.33. The molecule has 13 heavy (non-hydrogen) atoms. The quantitative estimate of drug-likeness (QED) is 0.741. The van der Waals surface area contributed by atoms with E-state index in [4.69, 9.17) is 0 Å². The lowest BCUT2D eigenvalue weighted by Crippen LogP contribution is -2.03. The molecule has 1 heterocycles. The lowest BCUT2D eigenvalue weighted by Gasteiger charge is -1.97. The molecule has 3 heteroatoms. The first kappa shape index (κ1) is 9.28. The third-order valence-electron chi connectivity index (χ3n) is 1.91. The molecule has 1 unspecified atom stereocenters. The van der Waals surface area contributed by atoms with E-state index in [1.165, 1.54) is 10.6 Å². The molecule has 0 aromatic heterocycles. The summed E-state index contributed by atoms with van der Waals surface area (Å²) in [6, 6.07) is 10.8. The van der Waals surface area contributed by atoms with E-state index in [2.05, 4.69) is 45.2 Å². The van der Waals surface area contributed by atoms with E-state index in [1.807, 2.05) is 17.8 Å². The van der Waals surface area contributed by atoms with E-state index in [0.717, 1.165) is 11.1 Å². The number of halogens is 1. The van der Waals surface area contributed by atoms with Gasteiger partial charge in [0.1, 0.15) is 0 Å². The first-order chi connectivity index (χ1) is 6.40. The van der Waals surface area contributed by atoms with Crippen LogP contribution in [0.5, 0.6) is 0 Å². The smallest absolute Gasteiger partial charge is 0.0981 e. The van der Waals surface area contributed by atoms with E-state index in [-0.39, 0.29) is 0 Å². The number of alkyl halides is 1. The lowest BCUT2D eigenvalue weighted by molar-refractivity contribution is 0.885. The summed E-state index contributed by atoms with van der Waals surface area (Å²) < 4.78 is 0. The van der Waals surface area contributed by atoms with Gasteiger partial charge in [-0.3, -0.25) is 4.99 Å². The van der Waals surface area contributed by atoms with Crippen LogP contribution in [-0.4, -0.2) is 22.2 Å². The second-order valence-electron chi connectivity index (χ2n) is 2.92. The third-order valence-corrected chi connectivity index (χ3v) is 3.82. The number of aliphatic imine (C=N–C) groups is 1. The highest BCUT2D eigenvalue weighted by Gasteiger charge is 2.17. The fourth-order valence-electron chi connectivity index (χ4n) is 1.23. The van der Waals surface area contributed by atoms with Crippen LogP contribution in [0, 0.1) is 0 Å². The lowest BCUT2D eigenvalue weighted by atomic mass is 10.2. The van der Waals surface area contributed by atoms with E-state index in [0.29, 0.717) is 6.04 Å². The van der Waals surface area contributed by atoms with Gasteiger partial charge in [-0.25, -0.2) is 0 Å². The van der Waals surface area contributed by atoms with Crippen molar-refractivity contribution < 1.29 is 0 Å². The maximum atomic E-state index is 4.61. The maximum Gasteiger partial charge on any atom is 0.0981 e. The minimum Gasteiger partial charge on any atom is -0.273 e. The summed E-state index contributed by atoms with van der Waals surface area (Å²) in [4.78, 5) is 4.61. The van der Waals surface area contributed by atoms with E-state index < -0.39 is 0 Å². The summed E-state index contributed by atoms with van der Waals surface area (Å²) in [6.45, 7) is 0. The second kappa shape index (κ2) is 4.29. The molecule has 1 nitrogen and oxygen atoms in total. The predicted octanol–water partition coefficient (Wildman–Crippen LogP) is 2.94. The molecule has 0 N–H and O–H groups in total. The predicted molar refractivity (Wildman–Crippen MR) is 63.0 cm³/mol.